The summed E-state index contributed by atoms with van der Waals surface area (Å²) in [4.78, 5) is 30.0. The van der Waals surface area contributed by atoms with E-state index in [1.165, 1.54) is 24.6 Å². The van der Waals surface area contributed by atoms with Gasteiger partial charge in [0.1, 0.15) is 22.8 Å². The summed E-state index contributed by atoms with van der Waals surface area (Å²) >= 11 is 1.34. The molecule has 0 unspecified atom stereocenters. The second-order valence-electron chi connectivity index (χ2n) is 5.15. The van der Waals surface area contributed by atoms with Crippen LogP contribution in [0.2, 0.25) is 0 Å². The lowest BCUT2D eigenvalue weighted by molar-refractivity contribution is -0.117. The van der Waals surface area contributed by atoms with Gasteiger partial charge in [0, 0.05) is 6.54 Å². The number of rotatable bonds is 4. The van der Waals surface area contributed by atoms with Gasteiger partial charge in [0.15, 0.2) is 0 Å². The maximum Gasteiger partial charge on any atom is 0.340 e. The quantitative estimate of drug-likeness (QED) is 0.854. The van der Waals surface area contributed by atoms with E-state index >= 15 is 0 Å². The van der Waals surface area contributed by atoms with Crippen molar-refractivity contribution in [2.45, 2.75) is 12.5 Å². The molecule has 3 rings (SSSR count). The Bertz CT molecular complexity index is 809. The topological polar surface area (TPSA) is 95.3 Å². The molecule has 1 aliphatic heterocycles. The predicted molar refractivity (Wildman–Crippen MR) is 89.0 cm³/mol. The van der Waals surface area contributed by atoms with Crippen molar-refractivity contribution in [2.24, 2.45) is 0 Å². The largest absolute Gasteiger partial charge is 0.465 e. The van der Waals surface area contributed by atoms with E-state index in [0.717, 1.165) is 0 Å². The third-order valence-electron chi connectivity index (χ3n) is 3.72. The molecule has 0 bridgehead atoms. The average Bonchev–Trinajstić information content (AvgIpc) is 3.22. The number of amides is 1. The van der Waals surface area contributed by atoms with E-state index in [4.69, 9.17) is 10.00 Å². The first-order valence-corrected chi connectivity index (χ1v) is 8.12. The Morgan fingerprint density at radius 3 is 3.00 bits per heavy atom. The van der Waals surface area contributed by atoms with Crippen molar-refractivity contribution in [1.82, 2.24) is 4.98 Å². The molecular formula is C16H14N4O3S. The molecular weight excluding hydrogens is 328 g/mol. The van der Waals surface area contributed by atoms with Gasteiger partial charge in [-0.1, -0.05) is 0 Å². The SMILES string of the molecule is COC(=O)c1ccsc1N1CC[C@H](Nc2ccc(C#N)nc2)C1=O. The summed E-state index contributed by atoms with van der Waals surface area (Å²) in [7, 11) is 1.32. The van der Waals surface area contributed by atoms with Crippen LogP contribution in [0.25, 0.3) is 0 Å². The van der Waals surface area contributed by atoms with Crippen LogP contribution in [0.3, 0.4) is 0 Å². The van der Waals surface area contributed by atoms with Crippen LogP contribution in [0, 0.1) is 11.3 Å². The van der Waals surface area contributed by atoms with Crippen molar-refractivity contribution in [2.75, 3.05) is 23.9 Å². The number of nitrogens with zero attached hydrogens (tertiary/aromatic N) is 3. The van der Waals surface area contributed by atoms with Crippen LogP contribution in [0.5, 0.6) is 0 Å². The Morgan fingerprint density at radius 2 is 2.33 bits per heavy atom. The minimum atomic E-state index is -0.452. The van der Waals surface area contributed by atoms with E-state index in [-0.39, 0.29) is 5.91 Å². The van der Waals surface area contributed by atoms with E-state index in [0.29, 0.717) is 34.9 Å². The number of carbonyl (C=O) groups excluding carboxylic acids is 2. The summed E-state index contributed by atoms with van der Waals surface area (Å²) in [5, 5.41) is 14.2. The molecule has 1 N–H and O–H groups in total. The number of esters is 1. The van der Waals surface area contributed by atoms with E-state index in [1.807, 2.05) is 6.07 Å². The standard InChI is InChI=1S/C16H14N4O3S/c1-23-16(22)12-5-7-24-15(12)20-6-4-13(14(20)21)19-11-3-2-10(8-17)18-9-11/h2-3,5,7,9,13,19H,4,6H2,1H3/t13-/m0/s1. The van der Waals surface area contributed by atoms with Crippen molar-refractivity contribution < 1.29 is 14.3 Å². The average molecular weight is 342 g/mol. The van der Waals surface area contributed by atoms with E-state index in [2.05, 4.69) is 10.3 Å². The molecule has 1 saturated heterocycles. The van der Waals surface area contributed by atoms with Crippen LogP contribution >= 0.6 is 11.3 Å². The first-order valence-electron chi connectivity index (χ1n) is 7.24. The van der Waals surface area contributed by atoms with Gasteiger partial charge in [0.2, 0.25) is 5.91 Å². The normalized spacial score (nSPS) is 16.8. The van der Waals surface area contributed by atoms with Crippen molar-refractivity contribution in [3.8, 4) is 6.07 Å². The van der Waals surface area contributed by atoms with Gasteiger partial charge in [-0.2, -0.15) is 5.26 Å². The molecule has 0 aromatic carbocycles. The number of carbonyl (C=O) groups is 2. The van der Waals surface area contributed by atoms with Gasteiger partial charge in [0.05, 0.1) is 24.6 Å². The first kappa shape index (κ1) is 16.0. The highest BCUT2D eigenvalue weighted by atomic mass is 32.1. The number of ether oxygens (including phenoxy) is 1. The molecule has 3 heterocycles. The summed E-state index contributed by atoms with van der Waals surface area (Å²) in [6.45, 7) is 0.519. The molecule has 0 saturated carbocycles. The number of hydrogen-bond acceptors (Lipinski definition) is 7. The third kappa shape index (κ3) is 2.94. The number of methoxy groups -OCH3 is 1. The Kier molecular flexibility index (Phi) is 4.44. The molecule has 7 nitrogen and oxygen atoms in total. The van der Waals surface area contributed by atoms with E-state index in [9.17, 15) is 9.59 Å². The van der Waals surface area contributed by atoms with Crippen molar-refractivity contribution in [3.63, 3.8) is 0 Å². The number of pyridine rings is 1. The fourth-order valence-electron chi connectivity index (χ4n) is 2.54. The molecule has 122 valence electrons. The highest BCUT2D eigenvalue weighted by Crippen LogP contribution is 2.32. The Morgan fingerprint density at radius 1 is 1.50 bits per heavy atom. The number of anilines is 2. The zero-order chi connectivity index (χ0) is 17.1. The number of nitrogens with one attached hydrogen (secondary N) is 1. The van der Waals surface area contributed by atoms with Gasteiger partial charge in [-0.3, -0.25) is 4.79 Å². The summed E-state index contributed by atoms with van der Waals surface area (Å²) in [5.74, 6) is -0.557. The summed E-state index contributed by atoms with van der Waals surface area (Å²) < 4.78 is 4.75. The van der Waals surface area contributed by atoms with Crippen molar-refractivity contribution >= 4 is 33.9 Å². The van der Waals surface area contributed by atoms with Crippen molar-refractivity contribution in [3.05, 3.63) is 41.0 Å². The maximum atomic E-state index is 12.6. The van der Waals surface area contributed by atoms with E-state index in [1.54, 1.807) is 28.5 Å². The Balaban J connectivity index is 1.74. The third-order valence-corrected chi connectivity index (χ3v) is 4.66. The predicted octanol–water partition coefficient (Wildman–Crippen LogP) is 2.02. The highest BCUT2D eigenvalue weighted by Gasteiger charge is 2.35. The summed E-state index contributed by atoms with van der Waals surface area (Å²) in [5.41, 5.74) is 1.39. The number of nitriles is 1. The van der Waals surface area contributed by atoms with Gasteiger partial charge in [0.25, 0.3) is 0 Å². The van der Waals surface area contributed by atoms with Gasteiger partial charge >= 0.3 is 5.97 Å². The molecule has 0 radical (unpaired) electrons. The van der Waals surface area contributed by atoms with Gasteiger partial charge in [-0.15, -0.1) is 11.3 Å². The Labute approximate surface area is 142 Å². The summed E-state index contributed by atoms with van der Waals surface area (Å²) in [6, 6.07) is 6.52. The lowest BCUT2D eigenvalue weighted by Gasteiger charge is -2.17. The monoisotopic (exact) mass is 342 g/mol. The second kappa shape index (κ2) is 6.68. The van der Waals surface area contributed by atoms with Crippen LogP contribution < -0.4 is 10.2 Å². The number of hydrogen-bond donors (Lipinski definition) is 1. The molecule has 2 aromatic rings. The minimum Gasteiger partial charge on any atom is -0.465 e. The van der Waals surface area contributed by atoms with Crippen LogP contribution in [0.4, 0.5) is 10.7 Å². The van der Waals surface area contributed by atoms with Crippen LogP contribution in [0.1, 0.15) is 22.5 Å². The van der Waals surface area contributed by atoms with Gasteiger partial charge < -0.3 is 15.0 Å². The maximum absolute atomic E-state index is 12.6. The molecule has 1 fully saturated rings. The summed E-state index contributed by atoms with van der Waals surface area (Å²) in [6.07, 6.45) is 2.14. The van der Waals surface area contributed by atoms with Crippen LogP contribution in [0.15, 0.2) is 29.8 Å². The zero-order valence-corrected chi connectivity index (χ0v) is 13.7. The molecule has 24 heavy (non-hydrogen) atoms. The Hall–Kier alpha value is -2.92. The number of thiophene rings is 1. The fraction of sp³-hybridized carbons (Fsp3) is 0.250. The van der Waals surface area contributed by atoms with Gasteiger partial charge in [-0.05, 0) is 30.0 Å². The second-order valence-corrected chi connectivity index (χ2v) is 6.04. The lowest BCUT2D eigenvalue weighted by atomic mass is 10.2. The number of aromatic nitrogens is 1. The molecule has 2 aromatic heterocycles. The molecule has 0 spiro atoms. The first-order chi connectivity index (χ1) is 11.6. The molecule has 1 atom stereocenters. The lowest BCUT2D eigenvalue weighted by Crippen LogP contribution is -2.33. The minimum absolute atomic E-state index is 0.105. The van der Waals surface area contributed by atoms with Crippen LogP contribution in [-0.4, -0.2) is 36.6 Å². The van der Waals surface area contributed by atoms with Gasteiger partial charge in [-0.25, -0.2) is 9.78 Å². The highest BCUT2D eigenvalue weighted by molar-refractivity contribution is 7.14. The smallest absolute Gasteiger partial charge is 0.340 e. The molecule has 0 aliphatic carbocycles. The zero-order valence-electron chi connectivity index (χ0n) is 12.9. The molecule has 1 amide bonds. The molecule has 1 aliphatic rings. The fourth-order valence-corrected chi connectivity index (χ4v) is 3.46. The van der Waals surface area contributed by atoms with Crippen LogP contribution in [-0.2, 0) is 9.53 Å². The van der Waals surface area contributed by atoms with Crippen molar-refractivity contribution in [1.29, 1.82) is 5.26 Å². The van der Waals surface area contributed by atoms with E-state index < -0.39 is 12.0 Å². The molecule has 8 heteroatoms.